The van der Waals surface area contributed by atoms with Gasteiger partial charge in [0.1, 0.15) is 41.0 Å². The Balaban J connectivity index is 1.02. The molecule has 6 aliphatic rings. The Hall–Kier alpha value is -6.30. The number of amides is 2. The SMILES string of the molecule is CO[C@H]1CN(C)C(=O)[C@@H]2C[C@@H](CN2c2nc(N3[C@@H]4C[C@H]3C(=O)N(CC3CC3)C4)nc3c2cnn3-c2ccc(F)cc2F)Nc2cccc(n2)-c2ccnc3nc(C)n(c23)C1. The van der Waals surface area contributed by atoms with Crippen LogP contribution in [0.15, 0.2) is 54.9 Å². The average molecular weight is 816 g/mol. The van der Waals surface area contributed by atoms with Gasteiger partial charge in [-0.15, -0.1) is 0 Å². The lowest BCUT2D eigenvalue weighted by atomic mass is 9.87. The van der Waals surface area contributed by atoms with E-state index in [1.54, 1.807) is 31.5 Å². The van der Waals surface area contributed by atoms with Crippen molar-refractivity contribution in [1.29, 1.82) is 0 Å². The molecule has 6 bridgehead atoms. The first kappa shape index (κ1) is 36.8. The summed E-state index contributed by atoms with van der Waals surface area (Å²) in [5.74, 6) is 1.05. The lowest BCUT2D eigenvalue weighted by Gasteiger charge is -2.55. The van der Waals surface area contributed by atoms with Crippen molar-refractivity contribution < 1.29 is 23.1 Å². The van der Waals surface area contributed by atoms with Gasteiger partial charge in [0.05, 0.1) is 41.5 Å². The van der Waals surface area contributed by atoms with Crippen LogP contribution in [0.4, 0.5) is 26.4 Å². The molecule has 1 aliphatic carbocycles. The second kappa shape index (κ2) is 13.9. The Bertz CT molecular complexity index is 2720. The fourth-order valence-electron chi connectivity index (χ4n) is 9.60. The molecule has 10 heterocycles. The van der Waals surface area contributed by atoms with E-state index in [1.165, 1.54) is 16.8 Å². The number of nitrogens with one attached hydrogen (secondary N) is 1. The van der Waals surface area contributed by atoms with Crippen LogP contribution < -0.4 is 15.1 Å². The monoisotopic (exact) mass is 815 g/mol. The molecule has 16 nitrogen and oxygen atoms in total. The third kappa shape index (κ3) is 6.01. The molecule has 1 N–H and O–H groups in total. The number of methoxy groups -OCH3 is 1. The number of likely N-dealkylation sites (N-methyl/N-ethyl adjacent to an activating group) is 1. The highest BCUT2D eigenvalue weighted by Crippen LogP contribution is 2.42. The number of hydrogen-bond donors (Lipinski definition) is 1. The fraction of sp³-hybridized carbons (Fsp3) is 0.429. The molecule has 5 aromatic heterocycles. The number of benzene rings is 1. The summed E-state index contributed by atoms with van der Waals surface area (Å²) in [6.07, 6.45) is 6.26. The van der Waals surface area contributed by atoms with Crippen molar-refractivity contribution in [1.82, 2.24) is 49.1 Å². The van der Waals surface area contributed by atoms with E-state index < -0.39 is 29.8 Å². The molecule has 60 heavy (non-hydrogen) atoms. The van der Waals surface area contributed by atoms with Gasteiger partial charge < -0.3 is 34.2 Å². The zero-order valence-corrected chi connectivity index (χ0v) is 33.4. The maximum absolute atomic E-state index is 15.5. The van der Waals surface area contributed by atoms with Gasteiger partial charge in [-0.25, -0.2) is 28.4 Å². The van der Waals surface area contributed by atoms with Crippen molar-refractivity contribution in [3.8, 4) is 16.9 Å². The zero-order chi connectivity index (χ0) is 41.0. The van der Waals surface area contributed by atoms with E-state index in [1.807, 2.05) is 45.9 Å². The molecule has 4 saturated heterocycles. The predicted molar refractivity (Wildman–Crippen MR) is 218 cm³/mol. The molecule has 0 spiro atoms. The Morgan fingerprint density at radius 2 is 1.80 bits per heavy atom. The third-order valence-electron chi connectivity index (χ3n) is 12.8. The lowest BCUT2D eigenvalue weighted by molar-refractivity contribution is -0.140. The quantitative estimate of drug-likeness (QED) is 0.259. The van der Waals surface area contributed by atoms with Gasteiger partial charge >= 0.3 is 0 Å². The molecule has 0 radical (unpaired) electrons. The van der Waals surface area contributed by atoms with Crippen molar-refractivity contribution in [3.05, 3.63) is 72.3 Å². The molecule has 1 aromatic carbocycles. The van der Waals surface area contributed by atoms with Gasteiger partial charge in [0.2, 0.25) is 17.8 Å². The van der Waals surface area contributed by atoms with Crippen LogP contribution in [0.3, 0.4) is 0 Å². The summed E-state index contributed by atoms with van der Waals surface area (Å²) in [7, 11) is 3.41. The highest BCUT2D eigenvalue weighted by Gasteiger charge is 2.53. The van der Waals surface area contributed by atoms with E-state index in [0.717, 1.165) is 48.1 Å². The minimum absolute atomic E-state index is 0.00333. The average Bonchev–Trinajstić information content (AvgIpc) is 3.64. The van der Waals surface area contributed by atoms with Gasteiger partial charge in [-0.05, 0) is 68.9 Å². The number of pyridine rings is 2. The number of hydrogen-bond acceptors (Lipinski definition) is 12. The van der Waals surface area contributed by atoms with Gasteiger partial charge in [-0.3, -0.25) is 9.59 Å². The number of imidazole rings is 1. The number of aryl methyl sites for hydroxylation is 1. The van der Waals surface area contributed by atoms with Gasteiger partial charge in [0, 0.05) is 64.2 Å². The minimum atomic E-state index is -0.811. The lowest BCUT2D eigenvalue weighted by Crippen LogP contribution is -2.72. The minimum Gasteiger partial charge on any atom is -0.378 e. The van der Waals surface area contributed by atoms with E-state index >= 15 is 4.39 Å². The van der Waals surface area contributed by atoms with Crippen LogP contribution in [0.25, 0.3) is 39.1 Å². The summed E-state index contributed by atoms with van der Waals surface area (Å²) in [6.45, 7) is 4.29. The van der Waals surface area contributed by atoms with Crippen LogP contribution in [0.1, 0.15) is 31.5 Å². The normalized spacial score (nSPS) is 24.2. The van der Waals surface area contributed by atoms with Crippen molar-refractivity contribution in [2.24, 2.45) is 5.92 Å². The number of piperidine rings is 1. The molecule has 308 valence electrons. The molecule has 5 fully saturated rings. The summed E-state index contributed by atoms with van der Waals surface area (Å²) in [6, 6.07) is 9.65. The number of ether oxygens (including phenoxy) is 1. The molecular formula is C42H43F2N13O3. The van der Waals surface area contributed by atoms with Crippen molar-refractivity contribution in [3.63, 3.8) is 0 Å². The largest absolute Gasteiger partial charge is 0.378 e. The Morgan fingerprint density at radius 1 is 0.933 bits per heavy atom. The molecule has 1 saturated carbocycles. The topological polar surface area (TPSA) is 156 Å². The molecule has 12 rings (SSSR count). The third-order valence-corrected chi connectivity index (χ3v) is 12.8. The number of anilines is 3. The molecule has 5 aliphatic heterocycles. The number of fused-ring (bicyclic) bond motifs is 8. The second-order valence-electron chi connectivity index (χ2n) is 16.8. The number of rotatable bonds is 6. The van der Waals surface area contributed by atoms with Crippen molar-refractivity contribution in [2.45, 2.75) is 69.4 Å². The van der Waals surface area contributed by atoms with E-state index in [0.29, 0.717) is 67.0 Å². The zero-order valence-electron chi connectivity index (χ0n) is 33.4. The first-order chi connectivity index (χ1) is 29.1. The number of nitrogens with zero attached hydrogens (tertiary/aromatic N) is 12. The molecular weight excluding hydrogens is 773 g/mol. The van der Waals surface area contributed by atoms with Crippen molar-refractivity contribution in [2.75, 3.05) is 55.5 Å². The number of carbonyl (C=O) groups is 2. The van der Waals surface area contributed by atoms with E-state index in [4.69, 9.17) is 24.7 Å². The highest BCUT2D eigenvalue weighted by molar-refractivity contribution is 5.95. The van der Waals surface area contributed by atoms with E-state index in [2.05, 4.69) is 20.0 Å². The van der Waals surface area contributed by atoms with Gasteiger partial charge in [0.15, 0.2) is 17.1 Å². The number of halogens is 2. The number of piperazine rings is 1. The van der Waals surface area contributed by atoms with E-state index in [9.17, 15) is 14.0 Å². The first-order valence-corrected chi connectivity index (χ1v) is 20.5. The Labute approximate surface area is 343 Å². The molecule has 18 heteroatoms. The summed E-state index contributed by atoms with van der Waals surface area (Å²) in [5, 5.41) is 8.66. The molecule has 2 amide bonds. The molecule has 0 unspecified atom stereocenters. The van der Waals surface area contributed by atoms with Crippen LogP contribution in [0.2, 0.25) is 0 Å². The number of aromatic nitrogens is 8. The summed E-state index contributed by atoms with van der Waals surface area (Å²) < 4.78 is 39.0. The van der Waals surface area contributed by atoms with Gasteiger partial charge in [-0.1, -0.05) is 6.07 Å². The smallest absolute Gasteiger partial charge is 0.245 e. The van der Waals surface area contributed by atoms with Crippen LogP contribution in [-0.4, -0.2) is 131 Å². The Morgan fingerprint density at radius 3 is 2.60 bits per heavy atom. The van der Waals surface area contributed by atoms with Crippen LogP contribution >= 0.6 is 0 Å². The van der Waals surface area contributed by atoms with Gasteiger partial charge in [0.25, 0.3) is 0 Å². The Kier molecular flexibility index (Phi) is 8.51. The summed E-state index contributed by atoms with van der Waals surface area (Å²) in [4.78, 5) is 60.8. The first-order valence-electron chi connectivity index (χ1n) is 20.5. The van der Waals surface area contributed by atoms with Crippen LogP contribution in [0, 0.1) is 24.5 Å². The van der Waals surface area contributed by atoms with Crippen LogP contribution in [-0.2, 0) is 20.9 Å². The maximum atomic E-state index is 15.5. The predicted octanol–water partition coefficient (Wildman–Crippen LogP) is 3.95. The van der Waals surface area contributed by atoms with Crippen molar-refractivity contribution >= 4 is 51.6 Å². The molecule has 5 atom stereocenters. The summed E-state index contributed by atoms with van der Waals surface area (Å²) in [5.41, 5.74) is 3.34. The highest BCUT2D eigenvalue weighted by atomic mass is 19.1. The summed E-state index contributed by atoms with van der Waals surface area (Å²) >= 11 is 0. The number of carbonyl (C=O) groups excluding carboxylic acids is 2. The second-order valence-corrected chi connectivity index (χ2v) is 16.8. The van der Waals surface area contributed by atoms with Gasteiger partial charge in [-0.2, -0.15) is 15.1 Å². The standard InChI is InChI=1S/C42H43F2N13O3/c1-22-47-37-36-28(11-12-45-37)31-5-4-6-35(49-31)48-25-14-33(40(58)52(2)20-27(60-3)21-54(22)36)55(18-25)38-29-16-46-57(32-10-9-24(43)13-30(32)44)39(29)51-42(50-38)56-26-15-34(56)41(59)53(19-26)17-23-7-8-23/h4-6,9-13,16,23,25-27,33-34H,7-8,14-15,17-21H2,1-3H3,(H,48,49)/t25-,26+,27-,33-,34-/m0/s1. The maximum Gasteiger partial charge on any atom is 0.245 e. The molecule has 6 aromatic rings. The van der Waals surface area contributed by atoms with E-state index in [-0.39, 0.29) is 41.8 Å². The van der Waals surface area contributed by atoms with Crippen LogP contribution in [0.5, 0.6) is 0 Å². The fourth-order valence-corrected chi connectivity index (χ4v) is 9.60.